The van der Waals surface area contributed by atoms with Crippen LogP contribution in [-0.2, 0) is 4.74 Å². The highest BCUT2D eigenvalue weighted by Crippen LogP contribution is 2.18. The average Bonchev–Trinajstić information content (AvgIpc) is 2.92. The van der Waals surface area contributed by atoms with Crippen LogP contribution >= 0.6 is 0 Å². The molecule has 0 aliphatic heterocycles. The Morgan fingerprint density at radius 3 is 3.00 bits per heavy atom. The number of nitrogens with zero attached hydrogens (tertiary/aromatic N) is 3. The zero-order chi connectivity index (χ0) is 15.2. The van der Waals surface area contributed by atoms with Crippen LogP contribution in [0.15, 0.2) is 27.8 Å². The first-order valence-electron chi connectivity index (χ1n) is 6.28. The molecule has 21 heavy (non-hydrogen) atoms. The Bertz CT molecular complexity index is 641. The Morgan fingerprint density at radius 1 is 1.48 bits per heavy atom. The van der Waals surface area contributed by atoms with Gasteiger partial charge in [0.05, 0.1) is 12.3 Å². The predicted octanol–water partition coefficient (Wildman–Crippen LogP) is 1.61. The number of nitrogens with two attached hydrogens (primary N) is 1. The van der Waals surface area contributed by atoms with Crippen LogP contribution < -0.4 is 11.1 Å². The van der Waals surface area contributed by atoms with E-state index in [-0.39, 0.29) is 11.7 Å². The number of methoxy groups -OCH3 is 1. The van der Waals surface area contributed by atoms with E-state index in [1.807, 2.05) is 0 Å². The van der Waals surface area contributed by atoms with Crippen molar-refractivity contribution in [2.75, 3.05) is 25.6 Å². The monoisotopic (exact) mass is 293 g/mol. The number of nitrogens with one attached hydrogen (secondary N) is 1. The number of aliphatic imine (C=N–C) groups is 1. The van der Waals surface area contributed by atoms with Gasteiger partial charge < -0.3 is 15.8 Å². The number of anilines is 1. The Morgan fingerprint density at radius 2 is 2.29 bits per heavy atom. The van der Waals surface area contributed by atoms with Gasteiger partial charge in [0.25, 0.3) is 0 Å². The average molecular weight is 293 g/mol. The van der Waals surface area contributed by atoms with Crippen molar-refractivity contribution in [3.8, 4) is 0 Å². The molecule has 1 aromatic carbocycles. The highest BCUT2D eigenvalue weighted by Gasteiger charge is 2.13. The van der Waals surface area contributed by atoms with Gasteiger partial charge in [-0.25, -0.2) is 14.0 Å². The quantitative estimate of drug-likeness (QED) is 0.477. The third kappa shape index (κ3) is 3.76. The molecular weight excluding hydrogens is 277 g/mol. The number of amidine groups is 1. The number of ether oxygens (including phenoxy) is 1. The SMILES string of the molecule is COCCNc1nonc1C(N)=Nc1ccc(F)c(C)c1. The number of benzene rings is 1. The summed E-state index contributed by atoms with van der Waals surface area (Å²) < 4.78 is 22.8. The summed E-state index contributed by atoms with van der Waals surface area (Å²) >= 11 is 0. The molecule has 2 aromatic rings. The maximum Gasteiger partial charge on any atom is 0.202 e. The molecule has 0 atom stereocenters. The molecule has 0 saturated carbocycles. The lowest BCUT2D eigenvalue weighted by atomic mass is 10.2. The second-order valence-corrected chi connectivity index (χ2v) is 4.31. The van der Waals surface area contributed by atoms with E-state index in [1.165, 1.54) is 12.1 Å². The maximum atomic E-state index is 13.2. The van der Waals surface area contributed by atoms with Crippen molar-refractivity contribution < 1.29 is 13.8 Å². The fourth-order valence-corrected chi connectivity index (χ4v) is 1.63. The van der Waals surface area contributed by atoms with Crippen molar-refractivity contribution >= 4 is 17.3 Å². The second kappa shape index (κ2) is 6.80. The molecule has 0 saturated heterocycles. The fourth-order valence-electron chi connectivity index (χ4n) is 1.63. The first-order chi connectivity index (χ1) is 10.1. The second-order valence-electron chi connectivity index (χ2n) is 4.31. The summed E-state index contributed by atoms with van der Waals surface area (Å²) in [6, 6.07) is 4.45. The molecule has 1 aromatic heterocycles. The van der Waals surface area contributed by atoms with Crippen LogP contribution in [0, 0.1) is 12.7 Å². The first-order valence-corrected chi connectivity index (χ1v) is 6.28. The zero-order valence-corrected chi connectivity index (χ0v) is 11.8. The van der Waals surface area contributed by atoms with Crippen LogP contribution in [0.25, 0.3) is 0 Å². The third-order valence-electron chi connectivity index (χ3n) is 2.72. The molecule has 1 heterocycles. The highest BCUT2D eigenvalue weighted by atomic mass is 19.1. The van der Waals surface area contributed by atoms with Crippen LogP contribution in [0.1, 0.15) is 11.3 Å². The van der Waals surface area contributed by atoms with Crippen LogP contribution in [0.2, 0.25) is 0 Å². The Kier molecular flexibility index (Phi) is 4.83. The zero-order valence-electron chi connectivity index (χ0n) is 11.8. The van der Waals surface area contributed by atoms with Gasteiger partial charge in [-0.1, -0.05) is 0 Å². The van der Waals surface area contributed by atoms with Crippen LogP contribution in [0.3, 0.4) is 0 Å². The minimum absolute atomic E-state index is 0.127. The molecule has 3 N–H and O–H groups in total. The lowest BCUT2D eigenvalue weighted by Gasteiger charge is -2.03. The first kappa shape index (κ1) is 14.9. The molecule has 8 heteroatoms. The maximum absolute atomic E-state index is 13.2. The molecule has 0 unspecified atom stereocenters. The largest absolute Gasteiger partial charge is 0.383 e. The van der Waals surface area contributed by atoms with E-state index in [0.717, 1.165) is 0 Å². The molecule has 0 radical (unpaired) electrons. The van der Waals surface area contributed by atoms with Gasteiger partial charge in [-0.3, -0.25) is 0 Å². The number of hydrogen-bond donors (Lipinski definition) is 2. The van der Waals surface area contributed by atoms with Crippen molar-refractivity contribution in [3.63, 3.8) is 0 Å². The lowest BCUT2D eigenvalue weighted by Crippen LogP contribution is -2.17. The van der Waals surface area contributed by atoms with Crippen LogP contribution in [0.5, 0.6) is 0 Å². The number of rotatable bonds is 6. The molecule has 0 fully saturated rings. The molecular formula is C13H16FN5O2. The molecule has 2 rings (SSSR count). The normalized spacial score (nSPS) is 11.7. The molecule has 0 amide bonds. The Balaban J connectivity index is 2.19. The summed E-state index contributed by atoms with van der Waals surface area (Å²) in [5.74, 6) is 0.215. The van der Waals surface area contributed by atoms with Gasteiger partial charge in [0.2, 0.25) is 5.82 Å². The molecule has 112 valence electrons. The highest BCUT2D eigenvalue weighted by molar-refractivity contribution is 6.00. The van der Waals surface area contributed by atoms with Crippen molar-refractivity contribution in [1.29, 1.82) is 0 Å². The number of aryl methyl sites for hydroxylation is 1. The summed E-state index contributed by atoms with van der Waals surface area (Å²) in [7, 11) is 1.59. The number of halogens is 1. The van der Waals surface area contributed by atoms with Crippen molar-refractivity contribution in [3.05, 3.63) is 35.3 Å². The topological polar surface area (TPSA) is 98.6 Å². The van der Waals surface area contributed by atoms with E-state index in [9.17, 15) is 4.39 Å². The molecule has 0 aliphatic carbocycles. The summed E-state index contributed by atoms with van der Waals surface area (Å²) in [5.41, 5.74) is 7.20. The minimum Gasteiger partial charge on any atom is -0.383 e. The Labute approximate surface area is 121 Å². The van der Waals surface area contributed by atoms with Gasteiger partial charge in [-0.05, 0) is 41.0 Å². The van der Waals surface area contributed by atoms with Crippen molar-refractivity contribution in [1.82, 2.24) is 10.3 Å². The lowest BCUT2D eigenvalue weighted by molar-refractivity contribution is 0.210. The molecule has 7 nitrogen and oxygen atoms in total. The third-order valence-corrected chi connectivity index (χ3v) is 2.72. The van der Waals surface area contributed by atoms with Gasteiger partial charge >= 0.3 is 0 Å². The fraction of sp³-hybridized carbons (Fsp3) is 0.308. The van der Waals surface area contributed by atoms with E-state index in [4.69, 9.17) is 10.5 Å². The van der Waals surface area contributed by atoms with Gasteiger partial charge in [-0.15, -0.1) is 0 Å². The summed E-state index contributed by atoms with van der Waals surface area (Å²) in [6.07, 6.45) is 0. The van der Waals surface area contributed by atoms with E-state index < -0.39 is 0 Å². The van der Waals surface area contributed by atoms with E-state index in [1.54, 1.807) is 20.1 Å². The van der Waals surface area contributed by atoms with Gasteiger partial charge in [-0.2, -0.15) is 0 Å². The van der Waals surface area contributed by atoms with Crippen molar-refractivity contribution in [2.45, 2.75) is 6.92 Å². The minimum atomic E-state index is -0.294. The summed E-state index contributed by atoms with van der Waals surface area (Å²) in [6.45, 7) is 2.68. The summed E-state index contributed by atoms with van der Waals surface area (Å²) in [5, 5.41) is 10.4. The van der Waals surface area contributed by atoms with Crippen LogP contribution in [-0.4, -0.2) is 36.4 Å². The van der Waals surface area contributed by atoms with Gasteiger partial charge in [0, 0.05) is 13.7 Å². The Hall–Kier alpha value is -2.48. The van der Waals surface area contributed by atoms with E-state index in [0.29, 0.717) is 35.9 Å². The van der Waals surface area contributed by atoms with E-state index in [2.05, 4.69) is 25.3 Å². The summed E-state index contributed by atoms with van der Waals surface area (Å²) in [4.78, 5) is 4.19. The standard InChI is InChI=1S/C13H16FN5O2/c1-8-7-9(3-4-10(8)14)17-12(15)11-13(19-21-18-11)16-5-6-20-2/h3-4,7H,5-6H2,1-2H3,(H2,15,17)(H,16,19). The predicted molar refractivity (Wildman–Crippen MR) is 76.2 cm³/mol. The smallest absolute Gasteiger partial charge is 0.202 e. The molecule has 0 spiro atoms. The van der Waals surface area contributed by atoms with E-state index >= 15 is 0 Å². The number of hydrogen-bond acceptors (Lipinski definition) is 6. The molecule has 0 bridgehead atoms. The number of aromatic nitrogens is 2. The van der Waals surface area contributed by atoms with Crippen molar-refractivity contribution in [2.24, 2.45) is 10.7 Å². The van der Waals surface area contributed by atoms with Gasteiger partial charge in [0.1, 0.15) is 5.82 Å². The van der Waals surface area contributed by atoms with Gasteiger partial charge in [0.15, 0.2) is 11.5 Å². The molecule has 0 aliphatic rings. The van der Waals surface area contributed by atoms with Crippen LogP contribution in [0.4, 0.5) is 15.9 Å².